The van der Waals surface area contributed by atoms with Gasteiger partial charge in [0.25, 0.3) is 0 Å². The van der Waals surface area contributed by atoms with Gasteiger partial charge in [0.1, 0.15) is 0 Å². The Bertz CT molecular complexity index is 377. The van der Waals surface area contributed by atoms with Crippen LogP contribution in [0.2, 0.25) is 5.02 Å². The lowest BCUT2D eigenvalue weighted by atomic mass is 9.89. The van der Waals surface area contributed by atoms with Crippen LogP contribution in [0.5, 0.6) is 0 Å². The van der Waals surface area contributed by atoms with Gasteiger partial charge in [0, 0.05) is 11.1 Å². The highest BCUT2D eigenvalue weighted by Crippen LogP contribution is 2.24. The van der Waals surface area contributed by atoms with E-state index >= 15 is 0 Å². The smallest absolute Gasteiger partial charge is 0.0409 e. The van der Waals surface area contributed by atoms with E-state index < -0.39 is 0 Å². The number of nitrogens with two attached hydrogens (primary N) is 1. The van der Waals surface area contributed by atoms with Gasteiger partial charge in [-0.2, -0.15) is 0 Å². The first kappa shape index (κ1) is 15.5. The summed E-state index contributed by atoms with van der Waals surface area (Å²) >= 11 is 6.03. The molecule has 1 atom stereocenters. The molecule has 0 aromatic heterocycles. The van der Waals surface area contributed by atoms with Crippen molar-refractivity contribution in [1.29, 1.82) is 0 Å². The van der Waals surface area contributed by atoms with Crippen molar-refractivity contribution in [2.75, 3.05) is 20.1 Å². The zero-order valence-electron chi connectivity index (χ0n) is 11.9. The second-order valence-electron chi connectivity index (χ2n) is 5.83. The quantitative estimate of drug-likeness (QED) is 0.852. The van der Waals surface area contributed by atoms with Gasteiger partial charge in [0.05, 0.1) is 0 Å². The normalized spacial score (nSPS) is 13.9. The minimum absolute atomic E-state index is 0.211. The number of rotatable bonds is 6. The average Bonchev–Trinajstić information content (AvgIpc) is 2.35. The SMILES string of the molecule is CC(c1cccc(Cl)c1)N(C)CCC(C)(C)CN. The lowest BCUT2D eigenvalue weighted by molar-refractivity contribution is 0.212. The van der Waals surface area contributed by atoms with Crippen molar-refractivity contribution in [3.63, 3.8) is 0 Å². The predicted octanol–water partition coefficient (Wildman–Crippen LogP) is 3.71. The van der Waals surface area contributed by atoms with Gasteiger partial charge in [-0.25, -0.2) is 0 Å². The minimum Gasteiger partial charge on any atom is -0.330 e. The maximum atomic E-state index is 6.03. The molecule has 0 aliphatic rings. The highest BCUT2D eigenvalue weighted by atomic mass is 35.5. The lowest BCUT2D eigenvalue weighted by Crippen LogP contribution is -2.31. The van der Waals surface area contributed by atoms with Gasteiger partial charge in [-0.05, 0) is 56.6 Å². The van der Waals surface area contributed by atoms with Crippen molar-refractivity contribution < 1.29 is 0 Å². The molecule has 1 aromatic carbocycles. The third-order valence-corrected chi connectivity index (χ3v) is 3.92. The van der Waals surface area contributed by atoms with Crippen molar-refractivity contribution >= 4 is 11.6 Å². The molecule has 2 nitrogen and oxygen atoms in total. The summed E-state index contributed by atoms with van der Waals surface area (Å²) in [5.74, 6) is 0. The van der Waals surface area contributed by atoms with E-state index in [1.807, 2.05) is 18.2 Å². The summed E-state index contributed by atoms with van der Waals surface area (Å²) in [6.07, 6.45) is 1.10. The molecule has 0 aliphatic carbocycles. The number of hydrogen-bond acceptors (Lipinski definition) is 2. The van der Waals surface area contributed by atoms with Gasteiger partial charge in [0.2, 0.25) is 0 Å². The van der Waals surface area contributed by atoms with Crippen molar-refractivity contribution in [1.82, 2.24) is 4.90 Å². The summed E-state index contributed by atoms with van der Waals surface area (Å²) < 4.78 is 0. The molecule has 3 heteroatoms. The van der Waals surface area contributed by atoms with Crippen LogP contribution in [0.15, 0.2) is 24.3 Å². The van der Waals surface area contributed by atoms with Crippen molar-refractivity contribution in [2.24, 2.45) is 11.1 Å². The number of hydrogen-bond donors (Lipinski definition) is 1. The second kappa shape index (κ2) is 6.55. The van der Waals surface area contributed by atoms with Gasteiger partial charge >= 0.3 is 0 Å². The number of nitrogens with zero attached hydrogens (tertiary/aromatic N) is 1. The molecule has 0 fully saturated rings. The Hall–Kier alpha value is -0.570. The van der Waals surface area contributed by atoms with Crippen LogP contribution in [-0.2, 0) is 0 Å². The van der Waals surface area contributed by atoms with E-state index in [9.17, 15) is 0 Å². The topological polar surface area (TPSA) is 29.3 Å². The molecule has 0 amide bonds. The minimum atomic E-state index is 0.211. The molecule has 0 heterocycles. The molecular formula is C15H25ClN2. The van der Waals surface area contributed by atoms with E-state index in [-0.39, 0.29) is 5.41 Å². The lowest BCUT2D eigenvalue weighted by Gasteiger charge is -2.30. The van der Waals surface area contributed by atoms with E-state index in [1.165, 1.54) is 5.56 Å². The molecule has 0 spiro atoms. The van der Waals surface area contributed by atoms with Crippen LogP contribution in [0.1, 0.15) is 38.8 Å². The number of halogens is 1. The molecule has 1 aromatic rings. The maximum Gasteiger partial charge on any atom is 0.0409 e. The van der Waals surface area contributed by atoms with Crippen LogP contribution in [0.3, 0.4) is 0 Å². The molecule has 0 saturated heterocycles. The van der Waals surface area contributed by atoms with Gasteiger partial charge in [0.15, 0.2) is 0 Å². The molecule has 18 heavy (non-hydrogen) atoms. The monoisotopic (exact) mass is 268 g/mol. The Kier molecular flexibility index (Phi) is 5.64. The molecule has 102 valence electrons. The zero-order chi connectivity index (χ0) is 13.8. The summed E-state index contributed by atoms with van der Waals surface area (Å²) in [5.41, 5.74) is 7.23. The van der Waals surface area contributed by atoms with Crippen LogP contribution in [0.4, 0.5) is 0 Å². The van der Waals surface area contributed by atoms with E-state index in [1.54, 1.807) is 0 Å². The summed E-state index contributed by atoms with van der Waals surface area (Å²) in [4.78, 5) is 2.35. The van der Waals surface area contributed by atoms with E-state index in [0.717, 1.165) is 24.5 Å². The molecular weight excluding hydrogens is 244 g/mol. The Labute approximate surface area is 116 Å². The van der Waals surface area contributed by atoms with E-state index in [0.29, 0.717) is 6.04 Å². The fourth-order valence-corrected chi connectivity index (χ4v) is 1.99. The predicted molar refractivity (Wildman–Crippen MR) is 79.9 cm³/mol. The molecule has 1 unspecified atom stereocenters. The molecule has 0 bridgehead atoms. The van der Waals surface area contributed by atoms with Gasteiger partial charge in [-0.3, -0.25) is 4.90 Å². The largest absolute Gasteiger partial charge is 0.330 e. The third kappa shape index (κ3) is 4.60. The van der Waals surface area contributed by atoms with Crippen LogP contribution >= 0.6 is 11.6 Å². The Balaban J connectivity index is 2.59. The molecule has 0 radical (unpaired) electrons. The van der Waals surface area contributed by atoms with Crippen LogP contribution in [-0.4, -0.2) is 25.0 Å². The fourth-order valence-electron chi connectivity index (χ4n) is 1.80. The first-order valence-electron chi connectivity index (χ1n) is 6.51. The summed E-state index contributed by atoms with van der Waals surface area (Å²) in [5, 5.41) is 0.801. The molecule has 0 aliphatic heterocycles. The average molecular weight is 269 g/mol. The highest BCUT2D eigenvalue weighted by molar-refractivity contribution is 6.30. The molecule has 0 saturated carbocycles. The summed E-state index contributed by atoms with van der Waals surface area (Å²) in [7, 11) is 2.15. The second-order valence-corrected chi connectivity index (χ2v) is 6.27. The van der Waals surface area contributed by atoms with E-state index in [2.05, 4.69) is 38.8 Å². The Morgan fingerprint density at radius 3 is 2.61 bits per heavy atom. The van der Waals surface area contributed by atoms with Crippen molar-refractivity contribution in [2.45, 2.75) is 33.2 Å². The standard InChI is InChI=1S/C15H25ClN2/c1-12(13-6-5-7-14(16)10-13)18(4)9-8-15(2,3)11-17/h5-7,10,12H,8-9,11,17H2,1-4H3. The summed E-state index contributed by atoms with van der Waals surface area (Å²) in [6.45, 7) is 8.40. The third-order valence-electron chi connectivity index (χ3n) is 3.69. The van der Waals surface area contributed by atoms with Crippen LogP contribution < -0.4 is 5.73 Å². The van der Waals surface area contributed by atoms with Gasteiger partial charge < -0.3 is 5.73 Å². The Morgan fingerprint density at radius 2 is 2.06 bits per heavy atom. The van der Waals surface area contributed by atoms with Gasteiger partial charge in [-0.1, -0.05) is 37.6 Å². The zero-order valence-corrected chi connectivity index (χ0v) is 12.7. The molecule has 1 rings (SSSR count). The van der Waals surface area contributed by atoms with E-state index in [4.69, 9.17) is 17.3 Å². The first-order chi connectivity index (χ1) is 8.35. The van der Waals surface area contributed by atoms with Gasteiger partial charge in [-0.15, -0.1) is 0 Å². The fraction of sp³-hybridized carbons (Fsp3) is 0.600. The number of benzene rings is 1. The van der Waals surface area contributed by atoms with Crippen LogP contribution in [0, 0.1) is 5.41 Å². The van der Waals surface area contributed by atoms with Crippen LogP contribution in [0.25, 0.3) is 0 Å². The van der Waals surface area contributed by atoms with Crippen molar-refractivity contribution in [3.05, 3.63) is 34.9 Å². The highest BCUT2D eigenvalue weighted by Gasteiger charge is 2.18. The molecule has 2 N–H and O–H groups in total. The summed E-state index contributed by atoms with van der Waals surface area (Å²) in [6, 6.07) is 8.45. The maximum absolute atomic E-state index is 6.03. The Morgan fingerprint density at radius 1 is 1.39 bits per heavy atom. The van der Waals surface area contributed by atoms with Crippen molar-refractivity contribution in [3.8, 4) is 0 Å². The first-order valence-corrected chi connectivity index (χ1v) is 6.89.